The Morgan fingerprint density at radius 1 is 1.15 bits per heavy atom. The van der Waals surface area contributed by atoms with Crippen molar-refractivity contribution in [3.05, 3.63) is 59.3 Å². The lowest BCUT2D eigenvalue weighted by Crippen LogP contribution is -1.94. The Kier molecular flexibility index (Phi) is 5.13. The van der Waals surface area contributed by atoms with Gasteiger partial charge in [-0.25, -0.2) is 4.98 Å². The quantitative estimate of drug-likeness (QED) is 0.396. The summed E-state index contributed by atoms with van der Waals surface area (Å²) in [4.78, 5) is 4.78. The third kappa shape index (κ3) is 3.84. The topological polar surface area (TPSA) is 56.7 Å². The molecule has 0 saturated carbocycles. The fourth-order valence-electron chi connectivity index (χ4n) is 2.72. The number of benzene rings is 1. The van der Waals surface area contributed by atoms with Crippen molar-refractivity contribution in [2.24, 2.45) is 7.05 Å². The molecule has 0 amide bonds. The molecule has 4 aromatic rings. The van der Waals surface area contributed by atoms with Crippen LogP contribution in [0, 0.1) is 0 Å². The largest absolute Gasteiger partial charge is 0.461 e. The van der Waals surface area contributed by atoms with Crippen LogP contribution < -0.4 is 0 Å². The molecule has 27 heavy (non-hydrogen) atoms. The minimum Gasteiger partial charge on any atom is -0.461 e. The Balaban J connectivity index is 1.44. The van der Waals surface area contributed by atoms with Crippen LogP contribution in [-0.4, -0.2) is 19.7 Å². The van der Waals surface area contributed by atoms with Gasteiger partial charge >= 0.3 is 0 Å². The van der Waals surface area contributed by atoms with Crippen molar-refractivity contribution in [1.29, 1.82) is 0 Å². The maximum absolute atomic E-state index is 5.41. The van der Waals surface area contributed by atoms with Gasteiger partial charge in [0.25, 0.3) is 0 Å². The summed E-state index contributed by atoms with van der Waals surface area (Å²) < 4.78 is 7.35. The zero-order valence-corrected chi connectivity index (χ0v) is 17.0. The molecule has 0 aliphatic carbocycles. The Bertz CT molecular complexity index is 1020. The highest BCUT2D eigenvalue weighted by Gasteiger charge is 2.14. The molecule has 3 aromatic heterocycles. The molecule has 138 valence electrons. The van der Waals surface area contributed by atoms with Gasteiger partial charge in [0.1, 0.15) is 5.01 Å². The van der Waals surface area contributed by atoms with Crippen LogP contribution in [-0.2, 0) is 12.8 Å². The molecule has 3 heterocycles. The first-order chi connectivity index (χ1) is 13.1. The Labute approximate surface area is 166 Å². The number of thiazole rings is 1. The average molecular weight is 397 g/mol. The fourth-order valence-corrected chi connectivity index (χ4v) is 4.45. The highest BCUT2D eigenvalue weighted by molar-refractivity contribution is 7.98. The predicted octanol–water partition coefficient (Wildman–Crippen LogP) is 5.61. The molecule has 4 rings (SSSR count). The molecule has 0 atom stereocenters. The van der Waals surface area contributed by atoms with Gasteiger partial charge in [0.05, 0.1) is 12.0 Å². The number of hydrogen-bond acceptors (Lipinski definition) is 6. The molecule has 0 bridgehead atoms. The van der Waals surface area contributed by atoms with E-state index in [1.165, 1.54) is 11.1 Å². The SMILES string of the molecule is CC(C)c1ccc(-c2nc(CSc3nnc(-c4ccco4)n3C)cs2)cc1. The fraction of sp³-hybridized carbons (Fsp3) is 0.250. The van der Waals surface area contributed by atoms with Gasteiger partial charge in [-0.2, -0.15) is 0 Å². The van der Waals surface area contributed by atoms with Gasteiger partial charge in [0, 0.05) is 23.7 Å². The van der Waals surface area contributed by atoms with Crippen LogP contribution in [0.1, 0.15) is 31.0 Å². The van der Waals surface area contributed by atoms with E-state index in [4.69, 9.17) is 9.40 Å². The molecular formula is C20H20N4OS2. The summed E-state index contributed by atoms with van der Waals surface area (Å²) in [5, 5.41) is 12.5. The molecule has 0 unspecified atom stereocenters. The predicted molar refractivity (Wildman–Crippen MR) is 110 cm³/mol. The van der Waals surface area contributed by atoms with Crippen molar-refractivity contribution >= 4 is 23.1 Å². The Morgan fingerprint density at radius 3 is 2.67 bits per heavy atom. The van der Waals surface area contributed by atoms with E-state index in [0.717, 1.165) is 33.2 Å². The highest BCUT2D eigenvalue weighted by atomic mass is 32.2. The summed E-state index contributed by atoms with van der Waals surface area (Å²) in [7, 11) is 1.95. The summed E-state index contributed by atoms with van der Waals surface area (Å²) in [5.74, 6) is 2.74. The Hall–Kier alpha value is -2.38. The average Bonchev–Trinajstić information content (AvgIpc) is 3.41. The van der Waals surface area contributed by atoms with Crippen molar-refractivity contribution in [1.82, 2.24) is 19.7 Å². The monoisotopic (exact) mass is 396 g/mol. The summed E-state index contributed by atoms with van der Waals surface area (Å²) in [5.41, 5.74) is 3.57. The maximum Gasteiger partial charge on any atom is 0.200 e. The van der Waals surface area contributed by atoms with Crippen LogP contribution in [0.5, 0.6) is 0 Å². The van der Waals surface area contributed by atoms with Gasteiger partial charge in [-0.1, -0.05) is 49.9 Å². The first-order valence-electron chi connectivity index (χ1n) is 8.72. The normalized spacial score (nSPS) is 11.4. The standard InChI is InChI=1S/C20H20N4OS2/c1-13(2)14-6-8-15(9-7-14)19-21-16(11-26-19)12-27-20-23-22-18(24(20)3)17-5-4-10-25-17/h4-11,13H,12H2,1-3H3. The van der Waals surface area contributed by atoms with Crippen molar-refractivity contribution in [3.8, 4) is 22.2 Å². The minimum atomic E-state index is 0.541. The number of rotatable bonds is 6. The van der Waals surface area contributed by atoms with Crippen LogP contribution in [0.3, 0.4) is 0 Å². The van der Waals surface area contributed by atoms with Crippen molar-refractivity contribution < 1.29 is 4.42 Å². The second kappa shape index (κ2) is 7.70. The molecule has 0 spiro atoms. The minimum absolute atomic E-state index is 0.541. The summed E-state index contributed by atoms with van der Waals surface area (Å²) in [6.45, 7) is 4.41. The molecule has 0 radical (unpaired) electrons. The molecule has 7 heteroatoms. The van der Waals surface area contributed by atoms with Crippen LogP contribution in [0.2, 0.25) is 0 Å². The van der Waals surface area contributed by atoms with E-state index in [9.17, 15) is 0 Å². The van der Waals surface area contributed by atoms with Gasteiger partial charge in [0.15, 0.2) is 16.7 Å². The third-order valence-electron chi connectivity index (χ3n) is 4.30. The van der Waals surface area contributed by atoms with E-state index in [-0.39, 0.29) is 0 Å². The molecule has 0 N–H and O–H groups in total. The maximum atomic E-state index is 5.41. The molecule has 0 aliphatic rings. The number of hydrogen-bond donors (Lipinski definition) is 0. The third-order valence-corrected chi connectivity index (χ3v) is 6.30. The van der Waals surface area contributed by atoms with E-state index < -0.39 is 0 Å². The second-order valence-electron chi connectivity index (χ2n) is 6.55. The van der Waals surface area contributed by atoms with E-state index in [0.29, 0.717) is 5.92 Å². The smallest absolute Gasteiger partial charge is 0.200 e. The van der Waals surface area contributed by atoms with Gasteiger partial charge in [0.2, 0.25) is 0 Å². The van der Waals surface area contributed by atoms with Crippen molar-refractivity contribution in [2.75, 3.05) is 0 Å². The summed E-state index contributed by atoms with van der Waals surface area (Å²) in [6.07, 6.45) is 1.64. The van der Waals surface area contributed by atoms with E-state index in [2.05, 4.69) is 53.7 Å². The zero-order valence-electron chi connectivity index (χ0n) is 15.4. The van der Waals surface area contributed by atoms with Crippen LogP contribution in [0.15, 0.2) is 57.6 Å². The first-order valence-corrected chi connectivity index (χ1v) is 10.6. The molecular weight excluding hydrogens is 376 g/mol. The zero-order chi connectivity index (χ0) is 18.8. The lowest BCUT2D eigenvalue weighted by Gasteiger charge is -2.05. The van der Waals surface area contributed by atoms with Crippen LogP contribution in [0.4, 0.5) is 0 Å². The summed E-state index contributed by atoms with van der Waals surface area (Å²) in [6, 6.07) is 12.4. The molecule has 0 saturated heterocycles. The number of nitrogens with zero attached hydrogens (tertiary/aromatic N) is 4. The van der Waals surface area contributed by atoms with Crippen molar-refractivity contribution in [3.63, 3.8) is 0 Å². The van der Waals surface area contributed by atoms with Crippen LogP contribution >= 0.6 is 23.1 Å². The number of furan rings is 1. The Morgan fingerprint density at radius 2 is 1.96 bits per heavy atom. The van der Waals surface area contributed by atoms with Crippen LogP contribution in [0.25, 0.3) is 22.2 Å². The molecule has 0 aliphatic heterocycles. The lowest BCUT2D eigenvalue weighted by molar-refractivity contribution is 0.572. The van der Waals surface area contributed by atoms with E-state index in [1.807, 2.05) is 23.7 Å². The number of thioether (sulfide) groups is 1. The van der Waals surface area contributed by atoms with E-state index >= 15 is 0 Å². The van der Waals surface area contributed by atoms with Gasteiger partial charge in [-0.3, -0.25) is 0 Å². The lowest BCUT2D eigenvalue weighted by atomic mass is 10.0. The van der Waals surface area contributed by atoms with Gasteiger partial charge in [-0.05, 0) is 23.6 Å². The van der Waals surface area contributed by atoms with Gasteiger partial charge < -0.3 is 8.98 Å². The van der Waals surface area contributed by atoms with E-state index in [1.54, 1.807) is 29.4 Å². The molecule has 1 aromatic carbocycles. The molecule has 5 nitrogen and oxygen atoms in total. The highest BCUT2D eigenvalue weighted by Crippen LogP contribution is 2.29. The summed E-state index contributed by atoms with van der Waals surface area (Å²) >= 11 is 3.30. The molecule has 0 fully saturated rings. The first kappa shape index (κ1) is 18.0. The van der Waals surface area contributed by atoms with Crippen molar-refractivity contribution in [2.45, 2.75) is 30.7 Å². The number of aromatic nitrogens is 4. The van der Waals surface area contributed by atoms with Gasteiger partial charge in [-0.15, -0.1) is 21.5 Å². The second-order valence-corrected chi connectivity index (χ2v) is 8.35.